The van der Waals surface area contributed by atoms with E-state index in [1.807, 2.05) is 0 Å². The number of rotatable bonds is 11. The molecule has 0 saturated heterocycles. The van der Waals surface area contributed by atoms with E-state index in [1.165, 1.54) is 24.3 Å². The van der Waals surface area contributed by atoms with Gasteiger partial charge in [0, 0.05) is 0 Å². The highest BCUT2D eigenvalue weighted by Crippen LogP contribution is 2.42. The zero-order chi connectivity index (χ0) is 28.0. The number of benzene rings is 4. The number of aliphatic hydroxyl groups is 1. The summed E-state index contributed by atoms with van der Waals surface area (Å²) in [5.74, 6) is -5.16. The van der Waals surface area contributed by atoms with Crippen LogP contribution in [-0.2, 0) is 14.3 Å². The lowest BCUT2D eigenvalue weighted by atomic mass is 9.92. The van der Waals surface area contributed by atoms with Gasteiger partial charge in [0.1, 0.15) is 10.9 Å². The van der Waals surface area contributed by atoms with Gasteiger partial charge < -0.3 is 9.29 Å². The summed E-state index contributed by atoms with van der Waals surface area (Å²) in [4.78, 5) is -0.268. The molecule has 0 spiro atoms. The molecule has 0 fully saturated rings. The molecule has 39 heavy (non-hydrogen) atoms. The SMILES string of the molecule is C=C(OS(=O)(=O)c1ccc(C)cc1)C(F)(F)[C@@H](N[C@@H](c1ccccc1)[C@H](O)c1ccccc1)c1ccccc1. The van der Waals surface area contributed by atoms with E-state index in [9.17, 15) is 13.5 Å². The first-order chi connectivity index (χ1) is 18.6. The summed E-state index contributed by atoms with van der Waals surface area (Å²) in [7, 11) is -4.57. The highest BCUT2D eigenvalue weighted by atomic mass is 32.2. The highest BCUT2D eigenvalue weighted by molar-refractivity contribution is 7.86. The minimum atomic E-state index is -4.57. The summed E-state index contributed by atoms with van der Waals surface area (Å²) in [6.07, 6.45) is -1.21. The smallest absolute Gasteiger partial charge is 0.339 e. The Bertz CT molecular complexity index is 1480. The van der Waals surface area contributed by atoms with Crippen molar-refractivity contribution < 1.29 is 26.5 Å². The fourth-order valence-electron chi connectivity index (χ4n) is 4.21. The van der Waals surface area contributed by atoms with Gasteiger partial charge in [0.2, 0.25) is 0 Å². The first kappa shape index (κ1) is 28.2. The number of hydrogen-bond acceptors (Lipinski definition) is 5. The average molecular weight is 550 g/mol. The van der Waals surface area contributed by atoms with Gasteiger partial charge in [-0.3, -0.25) is 5.32 Å². The predicted octanol–water partition coefficient (Wildman–Crippen LogP) is 6.66. The molecule has 0 aliphatic rings. The van der Waals surface area contributed by atoms with E-state index < -0.39 is 40.0 Å². The Morgan fingerprint density at radius 1 is 0.795 bits per heavy atom. The third-order valence-electron chi connectivity index (χ3n) is 6.35. The van der Waals surface area contributed by atoms with Crippen LogP contribution in [0.25, 0.3) is 0 Å². The molecule has 0 unspecified atom stereocenters. The van der Waals surface area contributed by atoms with Crippen molar-refractivity contribution in [3.05, 3.63) is 150 Å². The number of hydrogen-bond donors (Lipinski definition) is 2. The molecule has 0 aliphatic heterocycles. The molecular weight excluding hydrogens is 520 g/mol. The van der Waals surface area contributed by atoms with Gasteiger partial charge in [-0.25, -0.2) is 0 Å². The summed E-state index contributed by atoms with van der Waals surface area (Å²) in [6.45, 7) is 5.10. The average Bonchev–Trinajstić information content (AvgIpc) is 2.94. The number of nitrogens with one attached hydrogen (secondary N) is 1. The normalized spacial score (nSPS) is 14.3. The van der Waals surface area contributed by atoms with Gasteiger partial charge >= 0.3 is 16.0 Å². The highest BCUT2D eigenvalue weighted by Gasteiger charge is 2.48. The van der Waals surface area contributed by atoms with E-state index >= 15 is 8.78 Å². The number of halogens is 2. The van der Waals surface area contributed by atoms with Gasteiger partial charge in [-0.15, -0.1) is 0 Å². The zero-order valence-corrected chi connectivity index (χ0v) is 22.1. The summed E-state index contributed by atoms with van der Waals surface area (Å²) in [6, 6.07) is 28.1. The van der Waals surface area contributed by atoms with Crippen molar-refractivity contribution in [2.24, 2.45) is 0 Å². The molecule has 202 valence electrons. The van der Waals surface area contributed by atoms with Crippen LogP contribution in [-0.4, -0.2) is 19.4 Å². The fraction of sp³-hybridized carbons (Fsp3) is 0.161. The van der Waals surface area contributed by atoms with Crippen LogP contribution in [0.1, 0.15) is 40.4 Å². The van der Waals surface area contributed by atoms with E-state index in [0.717, 1.165) is 5.56 Å². The second kappa shape index (κ2) is 11.9. The molecule has 0 aromatic heterocycles. The third kappa shape index (κ3) is 6.60. The van der Waals surface area contributed by atoms with Crippen molar-refractivity contribution in [1.82, 2.24) is 5.32 Å². The molecular formula is C31H29F2NO4S. The monoisotopic (exact) mass is 549 g/mol. The van der Waals surface area contributed by atoms with Gasteiger partial charge in [-0.2, -0.15) is 17.2 Å². The first-order valence-corrected chi connectivity index (χ1v) is 13.7. The molecule has 5 nitrogen and oxygen atoms in total. The van der Waals surface area contributed by atoms with Crippen LogP contribution in [0.5, 0.6) is 0 Å². The minimum absolute atomic E-state index is 0.154. The van der Waals surface area contributed by atoms with E-state index in [-0.39, 0.29) is 10.5 Å². The largest absolute Gasteiger partial charge is 0.386 e. The predicted molar refractivity (Wildman–Crippen MR) is 146 cm³/mol. The molecule has 2 N–H and O–H groups in total. The van der Waals surface area contributed by atoms with Gasteiger partial charge in [0.15, 0.2) is 5.76 Å². The molecule has 0 amide bonds. The van der Waals surface area contributed by atoms with Gasteiger partial charge in [-0.1, -0.05) is 115 Å². The minimum Gasteiger partial charge on any atom is -0.386 e. The van der Waals surface area contributed by atoms with Crippen LogP contribution in [0.2, 0.25) is 0 Å². The zero-order valence-electron chi connectivity index (χ0n) is 21.2. The third-order valence-corrected chi connectivity index (χ3v) is 7.62. The van der Waals surface area contributed by atoms with Crippen LogP contribution in [0.15, 0.2) is 132 Å². The Morgan fingerprint density at radius 2 is 1.26 bits per heavy atom. The van der Waals surface area contributed by atoms with E-state index in [4.69, 9.17) is 4.18 Å². The Morgan fingerprint density at radius 3 is 1.77 bits per heavy atom. The van der Waals surface area contributed by atoms with Crippen molar-refractivity contribution in [3.8, 4) is 0 Å². The van der Waals surface area contributed by atoms with Gasteiger partial charge in [0.05, 0.1) is 12.1 Å². The summed E-state index contributed by atoms with van der Waals surface area (Å²) < 4.78 is 62.9. The van der Waals surface area contributed by atoms with Crippen molar-refractivity contribution in [1.29, 1.82) is 0 Å². The molecule has 4 aromatic carbocycles. The molecule has 8 heteroatoms. The molecule has 0 radical (unpaired) electrons. The van der Waals surface area contributed by atoms with Gasteiger partial charge in [0.25, 0.3) is 0 Å². The molecule has 3 atom stereocenters. The molecule has 4 rings (SSSR count). The van der Waals surface area contributed by atoms with E-state index in [2.05, 4.69) is 11.9 Å². The number of aliphatic hydroxyl groups excluding tert-OH is 1. The van der Waals surface area contributed by atoms with E-state index in [1.54, 1.807) is 97.9 Å². The quantitative estimate of drug-likeness (QED) is 0.162. The first-order valence-electron chi connectivity index (χ1n) is 12.3. The lowest BCUT2D eigenvalue weighted by Crippen LogP contribution is -2.42. The Balaban J connectivity index is 1.72. The summed E-state index contributed by atoms with van der Waals surface area (Å²) in [5.41, 5.74) is 2.03. The molecule has 4 aromatic rings. The molecule has 0 aliphatic carbocycles. The van der Waals surface area contributed by atoms with Crippen LogP contribution >= 0.6 is 0 Å². The fourth-order valence-corrected chi connectivity index (χ4v) is 5.15. The number of aryl methyl sites for hydroxylation is 1. The number of alkyl halides is 2. The second-order valence-corrected chi connectivity index (χ2v) is 10.7. The lowest BCUT2D eigenvalue weighted by molar-refractivity contribution is -0.0398. The molecule has 0 heterocycles. The van der Waals surface area contributed by atoms with Crippen LogP contribution < -0.4 is 5.32 Å². The van der Waals surface area contributed by atoms with E-state index in [0.29, 0.717) is 11.1 Å². The Labute approximate surface area is 227 Å². The second-order valence-electron chi connectivity index (χ2n) is 9.15. The maximum absolute atomic E-state index is 16.2. The van der Waals surface area contributed by atoms with Crippen molar-refractivity contribution in [2.45, 2.75) is 35.9 Å². The lowest BCUT2D eigenvalue weighted by Gasteiger charge is -2.34. The summed E-state index contributed by atoms with van der Waals surface area (Å²) >= 11 is 0. The topological polar surface area (TPSA) is 75.6 Å². The van der Waals surface area contributed by atoms with Crippen molar-refractivity contribution in [3.63, 3.8) is 0 Å². The Kier molecular flexibility index (Phi) is 8.60. The van der Waals surface area contributed by atoms with Crippen LogP contribution in [0, 0.1) is 6.92 Å². The molecule has 0 bridgehead atoms. The Hall–Kier alpha value is -3.85. The van der Waals surface area contributed by atoms with Crippen LogP contribution in [0.4, 0.5) is 8.78 Å². The van der Waals surface area contributed by atoms with Crippen molar-refractivity contribution in [2.75, 3.05) is 0 Å². The summed E-state index contributed by atoms with van der Waals surface area (Å²) in [5, 5.41) is 14.2. The standard InChI is InChI=1S/C31H29F2NO4S/c1-22-18-20-27(21-19-22)39(36,37)38-23(2)31(32,33)30(26-16-10-5-11-17-26)34-28(24-12-6-3-7-13-24)29(35)25-14-8-4-9-15-25/h3-21,28-30,34-35H,2H2,1H3/t28-,29+,30-/m0/s1. The van der Waals surface area contributed by atoms with Crippen LogP contribution in [0.3, 0.4) is 0 Å². The van der Waals surface area contributed by atoms with Crippen molar-refractivity contribution >= 4 is 10.1 Å². The van der Waals surface area contributed by atoms with Gasteiger partial charge in [-0.05, 0) is 35.7 Å². The molecule has 0 saturated carbocycles. The maximum atomic E-state index is 16.2. The maximum Gasteiger partial charge on any atom is 0.339 e.